The third-order valence-electron chi connectivity index (χ3n) is 10.7. The Morgan fingerprint density at radius 3 is 2.85 bits per heavy atom. The molecule has 48 heavy (non-hydrogen) atoms. The summed E-state index contributed by atoms with van der Waals surface area (Å²) in [5, 5.41) is 9.77. The van der Waals surface area contributed by atoms with Crippen LogP contribution in [0.1, 0.15) is 43.9 Å². The SMILES string of the molecule is CCc1c(F)ccc2cc3n[nH]c(C)c3c(-c3nc4c5c(nc(OC[C@@]67CCCN6C[C@H](F)C7)nc5c3F)N3CCCOC[C@H]3CO4)c12. The molecule has 1 N–H and O–H groups in total. The Kier molecular flexibility index (Phi) is 6.95. The lowest BCUT2D eigenvalue weighted by molar-refractivity contribution is 0.107. The number of fused-ring (bicyclic) bond motifs is 5. The van der Waals surface area contributed by atoms with E-state index in [1.54, 1.807) is 6.07 Å². The number of aryl methyl sites for hydroxylation is 2. The second kappa shape index (κ2) is 11.2. The van der Waals surface area contributed by atoms with E-state index in [2.05, 4.69) is 20.0 Å². The molecule has 10 nitrogen and oxygen atoms in total. The Balaban J connectivity index is 1.29. The van der Waals surface area contributed by atoms with Crippen molar-refractivity contribution >= 4 is 38.4 Å². The van der Waals surface area contributed by atoms with Crippen LogP contribution in [-0.2, 0) is 11.2 Å². The van der Waals surface area contributed by atoms with Crippen LogP contribution in [0.5, 0.6) is 11.9 Å². The molecule has 0 saturated carbocycles. The van der Waals surface area contributed by atoms with Crippen molar-refractivity contribution in [1.82, 2.24) is 30.0 Å². The standard InChI is InChI=1S/C35H36F3N7O3/c1-3-22-23(37)7-6-19-12-24-25(18(2)42-43-24)27(26(19)22)30-29(38)31-28-32(45-10-5-11-46-15-21(45)16-47-33(28)39-30)41-34(40-31)48-17-35-8-4-9-44(35)14-20(36)13-35/h6-7,12,20-21H,3-5,8-11,13-17H2,1-2H3,(H,42,43)/t20-,21+,35+/m1/s1. The molecule has 0 radical (unpaired) electrons. The highest BCUT2D eigenvalue weighted by Crippen LogP contribution is 2.46. The average Bonchev–Trinajstić information content (AvgIpc) is 3.63. The molecule has 0 amide bonds. The molecule has 0 unspecified atom stereocenters. The molecule has 9 rings (SSSR count). The fraction of sp³-hybridized carbons (Fsp3) is 0.486. The lowest BCUT2D eigenvalue weighted by atomic mass is 9.91. The number of aromatic nitrogens is 5. The van der Waals surface area contributed by atoms with Crippen LogP contribution in [0.4, 0.5) is 19.0 Å². The van der Waals surface area contributed by atoms with Gasteiger partial charge in [0.1, 0.15) is 47.6 Å². The van der Waals surface area contributed by atoms with Gasteiger partial charge in [-0.2, -0.15) is 15.1 Å². The van der Waals surface area contributed by atoms with Gasteiger partial charge in [-0.1, -0.05) is 13.0 Å². The fourth-order valence-electron chi connectivity index (χ4n) is 8.49. The minimum atomic E-state index is -0.915. The number of H-pyrrole nitrogens is 1. The topological polar surface area (TPSA) is 102 Å². The van der Waals surface area contributed by atoms with Crippen molar-refractivity contribution in [1.29, 1.82) is 0 Å². The van der Waals surface area contributed by atoms with E-state index >= 15 is 8.78 Å². The predicted octanol–water partition coefficient (Wildman–Crippen LogP) is 5.81. The molecule has 5 aromatic rings. The van der Waals surface area contributed by atoms with E-state index < -0.39 is 17.5 Å². The quantitative estimate of drug-likeness (QED) is 0.250. The number of rotatable bonds is 5. The third-order valence-corrected chi connectivity index (χ3v) is 10.7. The molecule has 2 aromatic carbocycles. The second-order valence-corrected chi connectivity index (χ2v) is 13.6. The number of hydrogen-bond acceptors (Lipinski definition) is 9. The van der Waals surface area contributed by atoms with Gasteiger partial charge in [0.25, 0.3) is 0 Å². The van der Waals surface area contributed by atoms with Crippen LogP contribution in [0.15, 0.2) is 18.2 Å². The van der Waals surface area contributed by atoms with Crippen molar-refractivity contribution in [2.75, 3.05) is 51.0 Å². The molecular weight excluding hydrogens is 623 g/mol. The van der Waals surface area contributed by atoms with E-state index in [0.717, 1.165) is 31.2 Å². The van der Waals surface area contributed by atoms with Crippen molar-refractivity contribution in [3.05, 3.63) is 41.1 Å². The van der Waals surface area contributed by atoms with Gasteiger partial charge >= 0.3 is 6.01 Å². The first-order chi connectivity index (χ1) is 23.3. The number of benzene rings is 2. The van der Waals surface area contributed by atoms with Crippen molar-refractivity contribution in [3.63, 3.8) is 0 Å². The van der Waals surface area contributed by atoms with Crippen LogP contribution in [0.2, 0.25) is 0 Å². The summed E-state index contributed by atoms with van der Waals surface area (Å²) in [6.45, 7) is 6.97. The van der Waals surface area contributed by atoms with Crippen LogP contribution in [-0.4, -0.2) is 93.9 Å². The van der Waals surface area contributed by atoms with E-state index in [1.807, 2.05) is 19.9 Å². The summed E-state index contributed by atoms with van der Waals surface area (Å²) >= 11 is 0. The molecule has 250 valence electrons. The zero-order valence-corrected chi connectivity index (χ0v) is 26.9. The molecule has 0 aliphatic carbocycles. The van der Waals surface area contributed by atoms with Gasteiger partial charge in [-0.25, -0.2) is 18.2 Å². The first-order valence-electron chi connectivity index (χ1n) is 16.8. The zero-order valence-electron chi connectivity index (χ0n) is 26.9. The van der Waals surface area contributed by atoms with Crippen LogP contribution < -0.4 is 14.4 Å². The lowest BCUT2D eigenvalue weighted by Crippen LogP contribution is -2.43. The third kappa shape index (κ3) is 4.46. The van der Waals surface area contributed by atoms with Crippen LogP contribution >= 0.6 is 0 Å². The molecular formula is C35H36F3N7O3. The normalized spacial score (nSPS) is 24.1. The average molecular weight is 660 g/mol. The van der Waals surface area contributed by atoms with E-state index in [-0.39, 0.29) is 48.2 Å². The van der Waals surface area contributed by atoms with Gasteiger partial charge in [0.05, 0.1) is 23.7 Å². The number of hydrogen-bond donors (Lipinski definition) is 1. The minimum absolute atomic E-state index is 0.00265. The van der Waals surface area contributed by atoms with Crippen molar-refractivity contribution in [3.8, 4) is 23.1 Å². The smallest absolute Gasteiger partial charge is 0.319 e. The highest BCUT2D eigenvalue weighted by molar-refractivity contribution is 6.14. The number of nitrogens with one attached hydrogen (secondary N) is 1. The van der Waals surface area contributed by atoms with E-state index in [9.17, 15) is 4.39 Å². The molecule has 3 saturated heterocycles. The van der Waals surface area contributed by atoms with Crippen molar-refractivity contribution in [2.45, 2.75) is 63.7 Å². The van der Waals surface area contributed by atoms with E-state index in [0.29, 0.717) is 83.5 Å². The van der Waals surface area contributed by atoms with Crippen molar-refractivity contribution in [2.24, 2.45) is 0 Å². The Morgan fingerprint density at radius 2 is 1.98 bits per heavy atom. The number of anilines is 1. The summed E-state index contributed by atoms with van der Waals surface area (Å²) in [5.41, 5.74) is 1.74. The fourth-order valence-corrected chi connectivity index (χ4v) is 8.49. The molecule has 7 heterocycles. The molecule has 3 fully saturated rings. The van der Waals surface area contributed by atoms with E-state index in [4.69, 9.17) is 29.2 Å². The molecule has 3 atom stereocenters. The van der Waals surface area contributed by atoms with Crippen molar-refractivity contribution < 1.29 is 27.4 Å². The maximum absolute atomic E-state index is 17.4. The first kappa shape index (κ1) is 29.9. The summed E-state index contributed by atoms with van der Waals surface area (Å²) in [6, 6.07) is 4.81. The predicted molar refractivity (Wildman–Crippen MR) is 175 cm³/mol. The van der Waals surface area contributed by atoms with Crippen LogP contribution in [0.3, 0.4) is 0 Å². The minimum Gasteiger partial charge on any atom is -0.475 e. The van der Waals surface area contributed by atoms with Crippen LogP contribution in [0, 0.1) is 18.6 Å². The Morgan fingerprint density at radius 1 is 1.08 bits per heavy atom. The van der Waals surface area contributed by atoms with Gasteiger partial charge in [-0.15, -0.1) is 0 Å². The van der Waals surface area contributed by atoms with Gasteiger partial charge in [0.2, 0.25) is 5.88 Å². The summed E-state index contributed by atoms with van der Waals surface area (Å²) in [5.74, 6) is -0.414. The van der Waals surface area contributed by atoms with Gasteiger partial charge in [0, 0.05) is 42.8 Å². The Bertz CT molecular complexity index is 2110. The maximum atomic E-state index is 17.4. The van der Waals surface area contributed by atoms with Gasteiger partial charge in [-0.3, -0.25) is 10.00 Å². The number of alkyl halides is 1. The summed E-state index contributed by atoms with van der Waals surface area (Å²) < 4.78 is 66.0. The number of ether oxygens (including phenoxy) is 3. The number of halogens is 3. The van der Waals surface area contributed by atoms with Gasteiger partial charge in [0.15, 0.2) is 5.82 Å². The maximum Gasteiger partial charge on any atom is 0.319 e. The molecule has 3 aromatic heterocycles. The van der Waals surface area contributed by atoms with Crippen LogP contribution in [0.25, 0.3) is 43.8 Å². The lowest BCUT2D eigenvalue weighted by Gasteiger charge is -2.31. The summed E-state index contributed by atoms with van der Waals surface area (Å²) in [7, 11) is 0. The number of nitrogens with zero attached hydrogens (tertiary/aromatic N) is 6. The second-order valence-electron chi connectivity index (χ2n) is 13.6. The zero-order chi connectivity index (χ0) is 32.7. The highest BCUT2D eigenvalue weighted by atomic mass is 19.1. The monoisotopic (exact) mass is 659 g/mol. The Hall–Kier alpha value is -4.23. The van der Waals surface area contributed by atoms with E-state index in [1.165, 1.54) is 6.07 Å². The first-order valence-corrected chi connectivity index (χ1v) is 16.8. The summed E-state index contributed by atoms with van der Waals surface area (Å²) in [4.78, 5) is 18.7. The molecule has 4 aliphatic heterocycles. The summed E-state index contributed by atoms with van der Waals surface area (Å²) in [6.07, 6.45) is 2.38. The molecule has 4 aliphatic rings. The molecule has 13 heteroatoms. The number of aromatic amines is 1. The molecule has 0 bridgehead atoms. The van der Waals surface area contributed by atoms with Gasteiger partial charge in [-0.05, 0) is 67.6 Å². The largest absolute Gasteiger partial charge is 0.475 e. The Labute approximate surface area is 274 Å². The number of pyridine rings is 1. The highest BCUT2D eigenvalue weighted by Gasteiger charge is 2.49. The molecule has 0 spiro atoms. The van der Waals surface area contributed by atoms with Gasteiger partial charge < -0.3 is 19.1 Å².